The zero-order valence-electron chi connectivity index (χ0n) is 13.4. The summed E-state index contributed by atoms with van der Waals surface area (Å²) in [4.78, 5) is 14.6. The molecule has 1 aromatic carbocycles. The van der Waals surface area contributed by atoms with Crippen LogP contribution in [0.1, 0.15) is 24.8 Å². The molecule has 2 heterocycles. The fourth-order valence-corrected chi connectivity index (χ4v) is 3.54. The Morgan fingerprint density at radius 1 is 1.39 bits per heavy atom. The Morgan fingerprint density at radius 2 is 2.13 bits per heavy atom. The summed E-state index contributed by atoms with van der Waals surface area (Å²) in [5.74, 6) is 1.66. The van der Waals surface area contributed by atoms with Gasteiger partial charge in [-0.2, -0.15) is 0 Å². The van der Waals surface area contributed by atoms with Crippen molar-refractivity contribution in [2.75, 3.05) is 26.7 Å². The van der Waals surface area contributed by atoms with Crippen LogP contribution < -0.4 is 10.1 Å². The van der Waals surface area contributed by atoms with E-state index in [-0.39, 0.29) is 24.4 Å². The fourth-order valence-electron chi connectivity index (χ4n) is 3.35. The number of benzene rings is 1. The molecule has 1 amide bonds. The monoisotopic (exact) mass is 358 g/mol. The van der Waals surface area contributed by atoms with Crippen LogP contribution in [0, 0.1) is 5.92 Å². The van der Waals surface area contributed by atoms with Crippen molar-refractivity contribution < 1.29 is 9.53 Å². The van der Waals surface area contributed by atoms with Gasteiger partial charge in [-0.15, -0.1) is 12.4 Å². The quantitative estimate of drug-likeness (QED) is 0.899. The molecule has 3 rings (SSSR count). The second-order valence-electron chi connectivity index (χ2n) is 6.22. The van der Waals surface area contributed by atoms with E-state index in [0.717, 1.165) is 49.7 Å². The lowest BCUT2D eigenvalue weighted by Crippen LogP contribution is -2.45. The lowest BCUT2D eigenvalue weighted by atomic mass is 9.93. The summed E-state index contributed by atoms with van der Waals surface area (Å²) >= 11 is 6.00. The summed E-state index contributed by atoms with van der Waals surface area (Å²) < 4.78 is 5.81. The van der Waals surface area contributed by atoms with Crippen molar-refractivity contribution in [3.05, 3.63) is 28.8 Å². The zero-order chi connectivity index (χ0) is 15.5. The maximum absolute atomic E-state index is 12.6. The van der Waals surface area contributed by atoms with Gasteiger partial charge in [0.1, 0.15) is 5.75 Å². The third-order valence-electron chi connectivity index (χ3n) is 4.70. The van der Waals surface area contributed by atoms with Crippen LogP contribution in [0.15, 0.2) is 18.2 Å². The number of halogens is 2. The Morgan fingerprint density at radius 3 is 2.83 bits per heavy atom. The molecule has 0 radical (unpaired) electrons. The highest BCUT2D eigenvalue weighted by Gasteiger charge is 2.34. The first-order valence-corrected chi connectivity index (χ1v) is 8.43. The second-order valence-corrected chi connectivity index (χ2v) is 6.66. The highest BCUT2D eigenvalue weighted by atomic mass is 35.5. The standard InChI is InChI=1S/C17H23ClN2O2.ClH/c1-19-7-4-12-5-8-20(9-6-12)17(21)16-11-13-10-14(18)2-3-15(13)22-16;/h2-3,10,12,16,19H,4-9,11H2,1H3;1H. The van der Waals surface area contributed by atoms with Crippen LogP contribution in [0.5, 0.6) is 5.75 Å². The maximum atomic E-state index is 12.6. The number of likely N-dealkylation sites (tertiary alicyclic amines) is 1. The van der Waals surface area contributed by atoms with Gasteiger partial charge in [0, 0.05) is 24.5 Å². The van der Waals surface area contributed by atoms with E-state index in [4.69, 9.17) is 16.3 Å². The first-order valence-electron chi connectivity index (χ1n) is 8.06. The average Bonchev–Trinajstić information content (AvgIpc) is 2.95. The minimum absolute atomic E-state index is 0. The van der Waals surface area contributed by atoms with Crippen molar-refractivity contribution in [1.82, 2.24) is 10.2 Å². The Hall–Kier alpha value is -0.970. The molecule has 1 atom stereocenters. The van der Waals surface area contributed by atoms with Gasteiger partial charge in [-0.05, 0) is 62.5 Å². The molecule has 4 nitrogen and oxygen atoms in total. The SMILES string of the molecule is CNCCC1CCN(C(=O)C2Cc3cc(Cl)ccc3O2)CC1.Cl. The molecule has 1 unspecified atom stereocenters. The van der Waals surface area contributed by atoms with Crippen LogP contribution in [-0.4, -0.2) is 43.6 Å². The molecule has 1 N–H and O–H groups in total. The van der Waals surface area contributed by atoms with Crippen molar-refractivity contribution in [3.63, 3.8) is 0 Å². The lowest BCUT2D eigenvalue weighted by Gasteiger charge is -2.33. The number of carbonyl (C=O) groups is 1. The number of amides is 1. The highest BCUT2D eigenvalue weighted by Crippen LogP contribution is 2.32. The maximum Gasteiger partial charge on any atom is 0.263 e. The Kier molecular flexibility index (Phi) is 6.57. The lowest BCUT2D eigenvalue weighted by molar-refractivity contribution is -0.139. The Labute approximate surface area is 148 Å². The molecule has 128 valence electrons. The molecule has 1 fully saturated rings. The second kappa shape index (κ2) is 8.22. The van der Waals surface area contributed by atoms with Crippen LogP contribution in [-0.2, 0) is 11.2 Å². The third kappa shape index (κ3) is 4.31. The third-order valence-corrected chi connectivity index (χ3v) is 4.94. The normalized spacial score (nSPS) is 20.6. The number of piperidine rings is 1. The van der Waals surface area contributed by atoms with Gasteiger partial charge in [0.05, 0.1) is 0 Å². The van der Waals surface area contributed by atoms with Crippen LogP contribution in [0.2, 0.25) is 5.02 Å². The molecule has 1 saturated heterocycles. The topological polar surface area (TPSA) is 41.6 Å². The minimum atomic E-state index is -0.373. The van der Waals surface area contributed by atoms with Crippen molar-refractivity contribution in [2.24, 2.45) is 5.92 Å². The van der Waals surface area contributed by atoms with Crippen LogP contribution in [0.4, 0.5) is 0 Å². The molecule has 2 aliphatic heterocycles. The van der Waals surface area contributed by atoms with Crippen LogP contribution in [0.3, 0.4) is 0 Å². The van der Waals surface area contributed by atoms with E-state index in [9.17, 15) is 4.79 Å². The van der Waals surface area contributed by atoms with Gasteiger partial charge < -0.3 is 15.0 Å². The molecule has 6 heteroatoms. The summed E-state index contributed by atoms with van der Waals surface area (Å²) in [5, 5.41) is 3.89. The van der Waals surface area contributed by atoms with E-state index < -0.39 is 0 Å². The molecule has 0 aliphatic carbocycles. The molecule has 0 aromatic heterocycles. The first kappa shape index (κ1) is 18.4. The van der Waals surface area contributed by atoms with E-state index >= 15 is 0 Å². The number of fused-ring (bicyclic) bond motifs is 1. The van der Waals surface area contributed by atoms with Gasteiger partial charge in [-0.3, -0.25) is 4.79 Å². The Balaban J connectivity index is 0.00000192. The predicted molar refractivity (Wildman–Crippen MR) is 94.7 cm³/mol. The van der Waals surface area contributed by atoms with Gasteiger partial charge in [-0.1, -0.05) is 11.6 Å². The molecule has 23 heavy (non-hydrogen) atoms. The van der Waals surface area contributed by atoms with Crippen LogP contribution >= 0.6 is 24.0 Å². The molecule has 0 bridgehead atoms. The van der Waals surface area contributed by atoms with E-state index in [1.165, 1.54) is 6.42 Å². The summed E-state index contributed by atoms with van der Waals surface area (Å²) in [5.41, 5.74) is 1.04. The van der Waals surface area contributed by atoms with E-state index in [2.05, 4.69) is 5.32 Å². The average molecular weight is 359 g/mol. The molecule has 2 aliphatic rings. The van der Waals surface area contributed by atoms with Gasteiger partial charge in [0.2, 0.25) is 0 Å². The largest absolute Gasteiger partial charge is 0.480 e. The van der Waals surface area contributed by atoms with E-state index in [1.807, 2.05) is 24.1 Å². The van der Waals surface area contributed by atoms with Gasteiger partial charge >= 0.3 is 0 Å². The van der Waals surface area contributed by atoms with E-state index in [1.54, 1.807) is 6.07 Å². The molecular formula is C17H24Cl2N2O2. The van der Waals surface area contributed by atoms with Gasteiger partial charge in [-0.25, -0.2) is 0 Å². The highest BCUT2D eigenvalue weighted by molar-refractivity contribution is 6.30. The van der Waals surface area contributed by atoms with Crippen molar-refractivity contribution >= 4 is 29.9 Å². The van der Waals surface area contributed by atoms with Crippen molar-refractivity contribution in [1.29, 1.82) is 0 Å². The van der Waals surface area contributed by atoms with Crippen LogP contribution in [0.25, 0.3) is 0 Å². The smallest absolute Gasteiger partial charge is 0.263 e. The molecule has 1 aromatic rings. The zero-order valence-corrected chi connectivity index (χ0v) is 15.0. The van der Waals surface area contributed by atoms with Gasteiger partial charge in [0.15, 0.2) is 6.10 Å². The minimum Gasteiger partial charge on any atom is -0.480 e. The summed E-state index contributed by atoms with van der Waals surface area (Å²) in [7, 11) is 1.99. The number of nitrogens with one attached hydrogen (secondary N) is 1. The fraction of sp³-hybridized carbons (Fsp3) is 0.588. The molecule has 0 spiro atoms. The summed E-state index contributed by atoms with van der Waals surface area (Å²) in [6.45, 7) is 2.76. The number of hydrogen-bond acceptors (Lipinski definition) is 3. The van der Waals surface area contributed by atoms with Gasteiger partial charge in [0.25, 0.3) is 5.91 Å². The predicted octanol–water partition coefficient (Wildman–Crippen LogP) is 2.91. The summed E-state index contributed by atoms with van der Waals surface area (Å²) in [6.07, 6.45) is 3.65. The number of rotatable bonds is 4. The first-order chi connectivity index (χ1) is 10.7. The number of hydrogen-bond donors (Lipinski definition) is 1. The molecule has 0 saturated carbocycles. The molecular weight excluding hydrogens is 335 g/mol. The number of nitrogens with zero attached hydrogens (tertiary/aromatic N) is 1. The van der Waals surface area contributed by atoms with Crippen molar-refractivity contribution in [3.8, 4) is 5.75 Å². The van der Waals surface area contributed by atoms with E-state index in [0.29, 0.717) is 11.4 Å². The number of carbonyl (C=O) groups excluding carboxylic acids is 1. The van der Waals surface area contributed by atoms with Crippen molar-refractivity contribution in [2.45, 2.75) is 31.8 Å². The Bertz CT molecular complexity index is 545. The number of ether oxygens (including phenoxy) is 1. The summed E-state index contributed by atoms with van der Waals surface area (Å²) in [6, 6.07) is 5.56.